The Bertz CT molecular complexity index is 450. The lowest BCUT2D eigenvalue weighted by atomic mass is 9.65. The highest BCUT2D eigenvalue weighted by Crippen LogP contribution is 2.63. The fraction of sp³-hybridized carbons (Fsp3) is 0.900. The quantitative estimate of drug-likeness (QED) is 0.549. The van der Waals surface area contributed by atoms with E-state index in [0.29, 0.717) is 17.8 Å². The Morgan fingerprint density at radius 2 is 2.04 bits per heavy atom. The molecule has 2 fully saturated rings. The number of hydrogen-bond donors (Lipinski definition) is 2. The van der Waals surface area contributed by atoms with Crippen LogP contribution in [0.4, 0.5) is 0 Å². The number of carboxylic acid groups (broad SMARTS) is 1. The van der Waals surface area contributed by atoms with Crippen LogP contribution in [0.5, 0.6) is 0 Å². The van der Waals surface area contributed by atoms with Crippen molar-refractivity contribution in [3.05, 3.63) is 0 Å². The lowest BCUT2D eigenvalue weighted by molar-refractivity contribution is -0.137. The van der Waals surface area contributed by atoms with Crippen LogP contribution in [0, 0.1) is 29.1 Å². The van der Waals surface area contributed by atoms with Gasteiger partial charge in [0.15, 0.2) is 0 Å². The van der Waals surface area contributed by atoms with Crippen molar-refractivity contribution in [2.24, 2.45) is 34.8 Å². The van der Waals surface area contributed by atoms with Gasteiger partial charge in [-0.1, -0.05) is 39.5 Å². The first-order valence-electron chi connectivity index (χ1n) is 9.92. The molecule has 0 spiro atoms. The van der Waals surface area contributed by atoms with Gasteiger partial charge >= 0.3 is 5.97 Å². The molecule has 2 aliphatic rings. The van der Waals surface area contributed by atoms with Gasteiger partial charge in [0.05, 0.1) is 5.41 Å². The minimum Gasteiger partial charge on any atom is -0.481 e. The number of amides is 1. The molecule has 0 aromatic heterocycles. The van der Waals surface area contributed by atoms with Crippen molar-refractivity contribution in [2.45, 2.75) is 84.5 Å². The maximum atomic E-state index is 12.3. The van der Waals surface area contributed by atoms with Gasteiger partial charge in [0, 0.05) is 6.42 Å². The molecule has 5 atom stereocenters. The SMILES string of the molecule is CCCC(C)CC1C2CCC(C(N)=O)(C2)C1CCCCCC(=O)O. The summed E-state index contributed by atoms with van der Waals surface area (Å²) in [5, 5.41) is 8.75. The first-order chi connectivity index (χ1) is 11.4. The van der Waals surface area contributed by atoms with Gasteiger partial charge in [-0.05, 0) is 62.2 Å². The molecule has 24 heavy (non-hydrogen) atoms. The van der Waals surface area contributed by atoms with Gasteiger partial charge in [-0.25, -0.2) is 0 Å². The van der Waals surface area contributed by atoms with Gasteiger partial charge in [-0.15, -0.1) is 0 Å². The average Bonchev–Trinajstić information content (AvgIpc) is 3.06. The highest BCUT2D eigenvalue weighted by molar-refractivity contribution is 5.82. The third kappa shape index (κ3) is 4.12. The molecule has 4 nitrogen and oxygen atoms in total. The monoisotopic (exact) mass is 337 g/mol. The summed E-state index contributed by atoms with van der Waals surface area (Å²) >= 11 is 0. The van der Waals surface area contributed by atoms with Crippen molar-refractivity contribution in [1.82, 2.24) is 0 Å². The zero-order valence-electron chi connectivity index (χ0n) is 15.4. The fourth-order valence-corrected chi connectivity index (χ4v) is 5.70. The van der Waals surface area contributed by atoms with Crippen LogP contribution in [0.25, 0.3) is 0 Å². The highest BCUT2D eigenvalue weighted by Gasteiger charge is 2.59. The predicted octanol–water partition coefficient (Wildman–Crippen LogP) is 4.37. The van der Waals surface area contributed by atoms with Crippen LogP contribution < -0.4 is 5.73 Å². The molecule has 4 heteroatoms. The van der Waals surface area contributed by atoms with Crippen molar-refractivity contribution in [3.63, 3.8) is 0 Å². The van der Waals surface area contributed by atoms with E-state index in [-0.39, 0.29) is 17.7 Å². The molecule has 0 heterocycles. The summed E-state index contributed by atoms with van der Waals surface area (Å²) in [6, 6.07) is 0. The van der Waals surface area contributed by atoms with Gasteiger partial charge in [0.25, 0.3) is 0 Å². The van der Waals surface area contributed by atoms with Gasteiger partial charge in [0.1, 0.15) is 0 Å². The van der Waals surface area contributed by atoms with E-state index < -0.39 is 5.97 Å². The summed E-state index contributed by atoms with van der Waals surface area (Å²) in [6.45, 7) is 4.58. The second-order valence-electron chi connectivity index (χ2n) is 8.42. The lowest BCUT2D eigenvalue weighted by Crippen LogP contribution is -2.42. The number of carboxylic acids is 1. The molecule has 2 saturated carbocycles. The summed E-state index contributed by atoms with van der Waals surface area (Å²) in [5.41, 5.74) is 5.61. The summed E-state index contributed by atoms with van der Waals surface area (Å²) in [6.07, 6.45) is 10.9. The van der Waals surface area contributed by atoms with Crippen LogP contribution in [0.3, 0.4) is 0 Å². The Balaban J connectivity index is 1.97. The van der Waals surface area contributed by atoms with Crippen LogP contribution in [0.15, 0.2) is 0 Å². The zero-order valence-corrected chi connectivity index (χ0v) is 15.4. The van der Waals surface area contributed by atoms with Crippen LogP contribution in [-0.4, -0.2) is 17.0 Å². The molecule has 0 aliphatic heterocycles. The van der Waals surface area contributed by atoms with Crippen LogP contribution in [0.1, 0.15) is 84.5 Å². The van der Waals surface area contributed by atoms with E-state index in [9.17, 15) is 9.59 Å². The van der Waals surface area contributed by atoms with E-state index in [1.54, 1.807) is 0 Å². The van der Waals surface area contributed by atoms with Gasteiger partial charge in [0.2, 0.25) is 5.91 Å². The van der Waals surface area contributed by atoms with Crippen molar-refractivity contribution in [3.8, 4) is 0 Å². The van der Waals surface area contributed by atoms with Crippen molar-refractivity contribution in [1.29, 1.82) is 0 Å². The molecule has 1 amide bonds. The van der Waals surface area contributed by atoms with E-state index in [2.05, 4.69) is 13.8 Å². The molecule has 2 rings (SSSR count). The molecule has 0 radical (unpaired) electrons. The highest BCUT2D eigenvalue weighted by atomic mass is 16.4. The molecule has 0 aromatic carbocycles. The number of carbonyl (C=O) groups is 2. The Kier molecular flexibility index (Phi) is 6.70. The molecular weight excluding hydrogens is 302 g/mol. The summed E-state index contributed by atoms with van der Waals surface area (Å²) in [4.78, 5) is 22.9. The van der Waals surface area contributed by atoms with E-state index in [1.165, 1.54) is 25.7 Å². The molecule has 2 bridgehead atoms. The fourth-order valence-electron chi connectivity index (χ4n) is 5.70. The van der Waals surface area contributed by atoms with E-state index in [1.807, 2.05) is 0 Å². The van der Waals surface area contributed by atoms with Crippen molar-refractivity contribution >= 4 is 11.9 Å². The second kappa shape index (κ2) is 8.35. The third-order valence-corrected chi connectivity index (χ3v) is 6.77. The maximum absolute atomic E-state index is 12.3. The molecular formula is C20H35NO3. The van der Waals surface area contributed by atoms with Crippen molar-refractivity contribution in [2.75, 3.05) is 0 Å². The normalized spacial score (nSPS) is 32.8. The first kappa shape index (κ1) is 19.3. The Morgan fingerprint density at radius 3 is 2.67 bits per heavy atom. The molecule has 3 N–H and O–H groups in total. The number of primary amides is 1. The Labute approximate surface area is 146 Å². The molecule has 2 aliphatic carbocycles. The minimum absolute atomic E-state index is 0.0776. The summed E-state index contributed by atoms with van der Waals surface area (Å²) < 4.78 is 0. The topological polar surface area (TPSA) is 80.4 Å². The van der Waals surface area contributed by atoms with E-state index in [0.717, 1.165) is 44.4 Å². The molecule has 5 unspecified atom stereocenters. The van der Waals surface area contributed by atoms with Crippen LogP contribution in [0.2, 0.25) is 0 Å². The van der Waals surface area contributed by atoms with Crippen LogP contribution in [-0.2, 0) is 9.59 Å². The number of fused-ring (bicyclic) bond motifs is 2. The first-order valence-corrected chi connectivity index (χ1v) is 9.92. The average molecular weight is 338 g/mol. The largest absolute Gasteiger partial charge is 0.481 e. The van der Waals surface area contributed by atoms with E-state index >= 15 is 0 Å². The molecule has 0 aromatic rings. The minimum atomic E-state index is -0.713. The molecule has 138 valence electrons. The number of rotatable bonds is 11. The number of hydrogen-bond acceptors (Lipinski definition) is 2. The summed E-state index contributed by atoms with van der Waals surface area (Å²) in [7, 11) is 0. The third-order valence-electron chi connectivity index (χ3n) is 6.77. The molecule has 0 saturated heterocycles. The van der Waals surface area contributed by atoms with Gasteiger partial charge in [-0.2, -0.15) is 0 Å². The lowest BCUT2D eigenvalue weighted by Gasteiger charge is -2.38. The summed E-state index contributed by atoms with van der Waals surface area (Å²) in [5.74, 6) is 1.69. The van der Waals surface area contributed by atoms with Gasteiger partial charge < -0.3 is 10.8 Å². The smallest absolute Gasteiger partial charge is 0.303 e. The number of carbonyl (C=O) groups excluding carboxylic acids is 1. The van der Waals surface area contributed by atoms with Gasteiger partial charge in [-0.3, -0.25) is 9.59 Å². The standard InChI is InChI=1S/C20H35NO3/c1-3-7-14(2)12-16-15-10-11-20(13-15,19(21)24)17(16)8-5-4-6-9-18(22)23/h14-17H,3-13H2,1-2H3,(H2,21,24)(H,22,23). The van der Waals surface area contributed by atoms with Crippen molar-refractivity contribution < 1.29 is 14.7 Å². The maximum Gasteiger partial charge on any atom is 0.303 e. The predicted molar refractivity (Wildman–Crippen MR) is 95.4 cm³/mol. The second-order valence-corrected chi connectivity index (χ2v) is 8.42. The number of aliphatic carboxylic acids is 1. The zero-order chi connectivity index (χ0) is 17.7. The van der Waals surface area contributed by atoms with Crippen LogP contribution >= 0.6 is 0 Å². The number of unbranched alkanes of at least 4 members (excludes halogenated alkanes) is 2. The van der Waals surface area contributed by atoms with E-state index in [4.69, 9.17) is 10.8 Å². The Hall–Kier alpha value is -1.06. The Morgan fingerprint density at radius 1 is 1.29 bits per heavy atom. The number of nitrogens with two attached hydrogens (primary N) is 1.